The molecule has 1 aliphatic rings. The predicted octanol–water partition coefficient (Wildman–Crippen LogP) is 3.69. The molecule has 0 saturated carbocycles. The van der Waals surface area contributed by atoms with E-state index in [4.69, 9.17) is 0 Å². The van der Waals surface area contributed by atoms with Crippen LogP contribution < -0.4 is 5.32 Å². The van der Waals surface area contributed by atoms with Gasteiger partial charge in [0.15, 0.2) is 0 Å². The first-order valence-electron chi connectivity index (χ1n) is 6.59. The summed E-state index contributed by atoms with van der Waals surface area (Å²) in [6.45, 7) is 8.12. The molecule has 0 aromatic rings. The number of hydrogen-bond donors (Lipinski definition) is 1. The zero-order valence-corrected chi connectivity index (χ0v) is 11.4. The summed E-state index contributed by atoms with van der Waals surface area (Å²) in [6, 6.07) is 0.778. The van der Waals surface area contributed by atoms with Crippen molar-refractivity contribution < 1.29 is 0 Å². The summed E-state index contributed by atoms with van der Waals surface area (Å²) in [4.78, 5) is 0. The third-order valence-corrected chi connectivity index (χ3v) is 4.64. The van der Waals surface area contributed by atoms with E-state index in [1.165, 1.54) is 44.4 Å². The molecule has 90 valence electrons. The van der Waals surface area contributed by atoms with Gasteiger partial charge in [0.05, 0.1) is 0 Å². The molecule has 0 aromatic heterocycles. The molecule has 1 rings (SSSR count). The number of nitrogens with one attached hydrogen (secondary N) is 1. The summed E-state index contributed by atoms with van der Waals surface area (Å²) in [5.74, 6) is 2.23. The minimum absolute atomic E-state index is 0.778. The van der Waals surface area contributed by atoms with Gasteiger partial charge >= 0.3 is 0 Å². The van der Waals surface area contributed by atoms with Gasteiger partial charge in [-0.1, -0.05) is 20.8 Å². The minimum atomic E-state index is 0.778. The standard InChI is InChI=1S/C13H27NS/c1-4-9-14-12(8-7-11(2)3)13-6-5-10-15-13/h11-14H,4-10H2,1-3H3. The Balaban J connectivity index is 2.30. The molecule has 0 aliphatic carbocycles. The van der Waals surface area contributed by atoms with Crippen molar-refractivity contribution in [3.8, 4) is 0 Å². The van der Waals surface area contributed by atoms with Gasteiger partial charge < -0.3 is 5.32 Å². The monoisotopic (exact) mass is 229 g/mol. The van der Waals surface area contributed by atoms with E-state index in [1.54, 1.807) is 0 Å². The van der Waals surface area contributed by atoms with Crippen LogP contribution in [0.3, 0.4) is 0 Å². The normalized spacial score (nSPS) is 23.6. The van der Waals surface area contributed by atoms with Gasteiger partial charge in [-0.25, -0.2) is 0 Å². The van der Waals surface area contributed by atoms with Gasteiger partial charge in [0, 0.05) is 11.3 Å². The molecule has 0 spiro atoms. The molecule has 1 fully saturated rings. The zero-order chi connectivity index (χ0) is 11.1. The van der Waals surface area contributed by atoms with Gasteiger partial charge in [0.1, 0.15) is 0 Å². The van der Waals surface area contributed by atoms with Crippen LogP contribution >= 0.6 is 11.8 Å². The zero-order valence-electron chi connectivity index (χ0n) is 10.6. The Morgan fingerprint density at radius 2 is 2.13 bits per heavy atom. The van der Waals surface area contributed by atoms with Crippen LogP contribution in [0.2, 0.25) is 0 Å². The van der Waals surface area contributed by atoms with Crippen molar-refractivity contribution in [2.24, 2.45) is 5.92 Å². The van der Waals surface area contributed by atoms with Gasteiger partial charge in [-0.15, -0.1) is 0 Å². The molecule has 1 saturated heterocycles. The average Bonchev–Trinajstić information content (AvgIpc) is 2.71. The molecule has 2 heteroatoms. The van der Waals surface area contributed by atoms with Crippen molar-refractivity contribution >= 4 is 11.8 Å². The second kappa shape index (κ2) is 7.56. The lowest BCUT2D eigenvalue weighted by atomic mass is 9.99. The Bertz CT molecular complexity index is 153. The van der Waals surface area contributed by atoms with Gasteiger partial charge in [-0.3, -0.25) is 0 Å². The van der Waals surface area contributed by atoms with Crippen LogP contribution in [0.25, 0.3) is 0 Å². The molecule has 0 aromatic carbocycles. The molecule has 1 heterocycles. The van der Waals surface area contributed by atoms with Crippen LogP contribution in [0.5, 0.6) is 0 Å². The lowest BCUT2D eigenvalue weighted by Crippen LogP contribution is -2.37. The summed E-state index contributed by atoms with van der Waals surface area (Å²) in [5, 5.41) is 4.64. The molecule has 15 heavy (non-hydrogen) atoms. The Kier molecular flexibility index (Phi) is 6.74. The topological polar surface area (TPSA) is 12.0 Å². The smallest absolute Gasteiger partial charge is 0.0201 e. The quantitative estimate of drug-likeness (QED) is 0.714. The van der Waals surface area contributed by atoms with Crippen LogP contribution in [0.1, 0.15) is 52.9 Å². The van der Waals surface area contributed by atoms with Gasteiger partial charge in [-0.05, 0) is 50.3 Å². The molecular formula is C13H27NS. The van der Waals surface area contributed by atoms with Gasteiger partial charge in [-0.2, -0.15) is 11.8 Å². The SMILES string of the molecule is CCCNC(CCC(C)C)C1CCCS1. The first kappa shape index (κ1) is 13.4. The van der Waals surface area contributed by atoms with Crippen molar-refractivity contribution in [1.82, 2.24) is 5.32 Å². The van der Waals surface area contributed by atoms with E-state index in [-0.39, 0.29) is 0 Å². The number of hydrogen-bond acceptors (Lipinski definition) is 2. The second-order valence-electron chi connectivity index (χ2n) is 5.08. The summed E-state index contributed by atoms with van der Waals surface area (Å²) < 4.78 is 0. The minimum Gasteiger partial charge on any atom is -0.313 e. The van der Waals surface area contributed by atoms with Crippen LogP contribution in [0, 0.1) is 5.92 Å². The lowest BCUT2D eigenvalue weighted by Gasteiger charge is -2.24. The summed E-state index contributed by atoms with van der Waals surface area (Å²) >= 11 is 2.19. The maximum atomic E-state index is 3.75. The highest BCUT2D eigenvalue weighted by atomic mass is 32.2. The fraction of sp³-hybridized carbons (Fsp3) is 1.00. The highest BCUT2D eigenvalue weighted by molar-refractivity contribution is 8.00. The fourth-order valence-corrected chi connectivity index (χ4v) is 3.62. The number of thioether (sulfide) groups is 1. The first-order chi connectivity index (χ1) is 7.24. The van der Waals surface area contributed by atoms with Gasteiger partial charge in [0.25, 0.3) is 0 Å². The molecule has 2 atom stereocenters. The Morgan fingerprint density at radius 1 is 1.33 bits per heavy atom. The van der Waals surface area contributed by atoms with E-state index in [0.717, 1.165) is 17.2 Å². The van der Waals surface area contributed by atoms with Gasteiger partial charge in [0.2, 0.25) is 0 Å². The molecule has 0 radical (unpaired) electrons. The second-order valence-corrected chi connectivity index (χ2v) is 6.43. The predicted molar refractivity (Wildman–Crippen MR) is 71.6 cm³/mol. The summed E-state index contributed by atoms with van der Waals surface area (Å²) in [7, 11) is 0. The van der Waals surface area contributed by atoms with Crippen LogP contribution in [0.4, 0.5) is 0 Å². The van der Waals surface area contributed by atoms with Crippen LogP contribution in [-0.4, -0.2) is 23.6 Å². The summed E-state index contributed by atoms with van der Waals surface area (Å²) in [6.07, 6.45) is 6.87. The third-order valence-electron chi connectivity index (χ3n) is 3.13. The molecular weight excluding hydrogens is 202 g/mol. The molecule has 0 bridgehead atoms. The fourth-order valence-electron chi connectivity index (χ4n) is 2.18. The largest absolute Gasteiger partial charge is 0.313 e. The maximum Gasteiger partial charge on any atom is 0.0201 e. The van der Waals surface area contributed by atoms with E-state index in [9.17, 15) is 0 Å². The Labute approximate surface area is 99.8 Å². The molecule has 0 amide bonds. The van der Waals surface area contributed by atoms with E-state index < -0.39 is 0 Å². The van der Waals surface area contributed by atoms with E-state index in [1.807, 2.05) is 0 Å². The van der Waals surface area contributed by atoms with E-state index in [0.29, 0.717) is 0 Å². The average molecular weight is 229 g/mol. The van der Waals surface area contributed by atoms with Crippen molar-refractivity contribution in [2.45, 2.75) is 64.2 Å². The van der Waals surface area contributed by atoms with E-state index >= 15 is 0 Å². The Hall–Kier alpha value is 0.310. The van der Waals surface area contributed by atoms with Crippen molar-refractivity contribution in [2.75, 3.05) is 12.3 Å². The molecule has 1 N–H and O–H groups in total. The van der Waals surface area contributed by atoms with E-state index in [2.05, 4.69) is 37.8 Å². The Morgan fingerprint density at radius 3 is 2.67 bits per heavy atom. The van der Waals surface area contributed by atoms with Crippen molar-refractivity contribution in [3.63, 3.8) is 0 Å². The molecule has 2 unspecified atom stereocenters. The molecule has 1 aliphatic heterocycles. The summed E-state index contributed by atoms with van der Waals surface area (Å²) in [5.41, 5.74) is 0. The highest BCUT2D eigenvalue weighted by Gasteiger charge is 2.24. The number of rotatable bonds is 7. The van der Waals surface area contributed by atoms with Crippen LogP contribution in [-0.2, 0) is 0 Å². The maximum absolute atomic E-state index is 3.75. The van der Waals surface area contributed by atoms with Crippen molar-refractivity contribution in [1.29, 1.82) is 0 Å². The molecule has 1 nitrogen and oxygen atoms in total. The third kappa shape index (κ3) is 5.26. The van der Waals surface area contributed by atoms with Crippen molar-refractivity contribution in [3.05, 3.63) is 0 Å². The first-order valence-corrected chi connectivity index (χ1v) is 7.64. The highest BCUT2D eigenvalue weighted by Crippen LogP contribution is 2.30. The van der Waals surface area contributed by atoms with Crippen LogP contribution in [0.15, 0.2) is 0 Å². The lowest BCUT2D eigenvalue weighted by molar-refractivity contribution is 0.414.